The lowest BCUT2D eigenvalue weighted by atomic mass is 10.1. The summed E-state index contributed by atoms with van der Waals surface area (Å²) in [5.41, 5.74) is 0.788. The van der Waals surface area contributed by atoms with Gasteiger partial charge in [-0.2, -0.15) is 0 Å². The van der Waals surface area contributed by atoms with E-state index in [0.29, 0.717) is 24.6 Å². The topological polar surface area (TPSA) is 94.6 Å². The predicted molar refractivity (Wildman–Crippen MR) is 113 cm³/mol. The number of amides is 1. The molecule has 0 radical (unpaired) electrons. The molecule has 168 valence electrons. The third-order valence-electron chi connectivity index (χ3n) is 4.80. The molecule has 0 spiro atoms. The van der Waals surface area contributed by atoms with Crippen molar-refractivity contribution in [1.82, 2.24) is 20.6 Å². The Morgan fingerprint density at radius 3 is 2.71 bits per heavy atom. The maximum absolute atomic E-state index is 14.6. The molecule has 1 aromatic heterocycles. The van der Waals surface area contributed by atoms with Gasteiger partial charge in [0.1, 0.15) is 12.4 Å². The number of ether oxygens (including phenoxy) is 3. The van der Waals surface area contributed by atoms with Gasteiger partial charge in [-0.1, -0.05) is 0 Å². The molecule has 8 nitrogen and oxygen atoms in total. The second kappa shape index (κ2) is 11.0. The van der Waals surface area contributed by atoms with Gasteiger partial charge in [0.15, 0.2) is 11.6 Å². The third-order valence-corrected chi connectivity index (χ3v) is 4.80. The number of carbonyl (C=O) groups excluding carboxylic acids is 1. The van der Waals surface area contributed by atoms with Gasteiger partial charge in [0.05, 0.1) is 18.3 Å². The summed E-state index contributed by atoms with van der Waals surface area (Å²) in [6.07, 6.45) is 3.27. The standard InChI is InChI=1S/C22H29FN4O4/c1-14(2)29-11-10-25-20(28)16-4-5-19(18(23)12-16)31-22-15(3)21(26-13-27-22)30-17-6-8-24-9-7-17/h4-5,12-14,17,24H,6-11H2,1-3H3,(H,25,28). The summed E-state index contributed by atoms with van der Waals surface area (Å²) in [4.78, 5) is 20.5. The summed E-state index contributed by atoms with van der Waals surface area (Å²) in [6.45, 7) is 8.13. The van der Waals surface area contributed by atoms with Gasteiger partial charge in [-0.15, -0.1) is 0 Å². The zero-order valence-corrected chi connectivity index (χ0v) is 18.1. The highest BCUT2D eigenvalue weighted by Gasteiger charge is 2.19. The van der Waals surface area contributed by atoms with Crippen LogP contribution in [-0.2, 0) is 4.74 Å². The molecule has 1 fully saturated rings. The van der Waals surface area contributed by atoms with Gasteiger partial charge in [-0.3, -0.25) is 4.79 Å². The Hall–Kier alpha value is -2.78. The molecule has 3 rings (SSSR count). The van der Waals surface area contributed by atoms with E-state index in [2.05, 4.69) is 20.6 Å². The minimum atomic E-state index is -0.662. The van der Waals surface area contributed by atoms with Crippen LogP contribution in [0.4, 0.5) is 4.39 Å². The number of aromatic nitrogens is 2. The van der Waals surface area contributed by atoms with Gasteiger partial charge in [0.25, 0.3) is 5.91 Å². The summed E-state index contributed by atoms with van der Waals surface area (Å²) in [6, 6.07) is 4.04. The molecule has 1 aromatic carbocycles. The smallest absolute Gasteiger partial charge is 0.251 e. The van der Waals surface area contributed by atoms with Crippen LogP contribution in [0.25, 0.3) is 0 Å². The van der Waals surface area contributed by atoms with Crippen LogP contribution in [0.15, 0.2) is 24.5 Å². The molecule has 1 amide bonds. The Balaban J connectivity index is 1.63. The quantitative estimate of drug-likeness (QED) is 0.588. The molecule has 9 heteroatoms. The van der Waals surface area contributed by atoms with Crippen molar-refractivity contribution in [3.05, 3.63) is 41.5 Å². The monoisotopic (exact) mass is 432 g/mol. The van der Waals surface area contributed by atoms with E-state index in [-0.39, 0.29) is 35.3 Å². The van der Waals surface area contributed by atoms with E-state index in [1.165, 1.54) is 18.5 Å². The SMILES string of the molecule is Cc1c(Oc2ccc(C(=O)NCCOC(C)C)cc2F)ncnc1OC1CCNCC1. The van der Waals surface area contributed by atoms with Gasteiger partial charge >= 0.3 is 0 Å². The largest absolute Gasteiger partial charge is 0.474 e. The van der Waals surface area contributed by atoms with Crippen LogP contribution in [-0.4, -0.2) is 54.3 Å². The zero-order chi connectivity index (χ0) is 22.2. The number of rotatable bonds is 9. The van der Waals surface area contributed by atoms with E-state index >= 15 is 0 Å². The Kier molecular flexibility index (Phi) is 8.13. The first-order valence-electron chi connectivity index (χ1n) is 10.5. The van der Waals surface area contributed by atoms with E-state index in [4.69, 9.17) is 14.2 Å². The maximum atomic E-state index is 14.6. The van der Waals surface area contributed by atoms with Crippen LogP contribution in [0.1, 0.15) is 42.6 Å². The fraction of sp³-hybridized carbons (Fsp3) is 0.500. The summed E-state index contributed by atoms with van der Waals surface area (Å²) in [5, 5.41) is 5.98. The number of halogens is 1. The van der Waals surface area contributed by atoms with Gasteiger partial charge in [0, 0.05) is 12.1 Å². The Morgan fingerprint density at radius 1 is 1.26 bits per heavy atom. The maximum Gasteiger partial charge on any atom is 0.251 e. The summed E-state index contributed by atoms with van der Waals surface area (Å²) >= 11 is 0. The number of carbonyl (C=O) groups is 1. The molecule has 0 bridgehead atoms. The number of piperidine rings is 1. The van der Waals surface area contributed by atoms with Crippen molar-refractivity contribution in [2.45, 2.75) is 45.8 Å². The number of benzene rings is 1. The average molecular weight is 432 g/mol. The van der Waals surface area contributed by atoms with Gasteiger partial charge in [-0.25, -0.2) is 14.4 Å². The van der Waals surface area contributed by atoms with Crippen molar-refractivity contribution in [1.29, 1.82) is 0 Å². The van der Waals surface area contributed by atoms with Crippen molar-refractivity contribution in [3.63, 3.8) is 0 Å². The zero-order valence-electron chi connectivity index (χ0n) is 18.1. The molecule has 1 saturated heterocycles. The second-order valence-corrected chi connectivity index (χ2v) is 7.60. The highest BCUT2D eigenvalue weighted by molar-refractivity contribution is 5.94. The molecule has 0 atom stereocenters. The minimum Gasteiger partial charge on any atom is -0.474 e. The molecule has 0 unspecified atom stereocenters. The molecule has 2 aromatic rings. The van der Waals surface area contributed by atoms with Crippen molar-refractivity contribution >= 4 is 5.91 Å². The predicted octanol–water partition coefficient (Wildman–Crippen LogP) is 3.00. The highest BCUT2D eigenvalue weighted by atomic mass is 19.1. The molecule has 31 heavy (non-hydrogen) atoms. The summed E-state index contributed by atoms with van der Waals surface area (Å²) in [5.74, 6) is -0.439. The lowest BCUT2D eigenvalue weighted by molar-refractivity contribution is 0.0746. The minimum absolute atomic E-state index is 0.0330. The first kappa shape index (κ1) is 22.9. The van der Waals surface area contributed by atoms with Crippen LogP contribution in [0.5, 0.6) is 17.5 Å². The Bertz CT molecular complexity index is 888. The van der Waals surface area contributed by atoms with E-state index in [1.54, 1.807) is 6.92 Å². The fourth-order valence-electron chi connectivity index (χ4n) is 3.10. The second-order valence-electron chi connectivity index (χ2n) is 7.60. The van der Waals surface area contributed by atoms with Crippen molar-refractivity contribution in [3.8, 4) is 17.5 Å². The molecular formula is C22H29FN4O4. The summed E-state index contributed by atoms with van der Waals surface area (Å²) in [7, 11) is 0. The molecule has 1 aliphatic heterocycles. The Labute approximate surface area is 181 Å². The molecule has 1 aliphatic rings. The average Bonchev–Trinajstić information content (AvgIpc) is 2.75. The number of nitrogens with zero attached hydrogens (tertiary/aromatic N) is 2. The van der Waals surface area contributed by atoms with E-state index in [0.717, 1.165) is 32.0 Å². The van der Waals surface area contributed by atoms with Crippen LogP contribution in [0.2, 0.25) is 0 Å². The van der Waals surface area contributed by atoms with Gasteiger partial charge in [0.2, 0.25) is 11.8 Å². The van der Waals surface area contributed by atoms with E-state index in [1.807, 2.05) is 13.8 Å². The third kappa shape index (κ3) is 6.60. The van der Waals surface area contributed by atoms with E-state index in [9.17, 15) is 9.18 Å². The van der Waals surface area contributed by atoms with Crippen LogP contribution in [0.3, 0.4) is 0 Å². The molecule has 0 saturated carbocycles. The van der Waals surface area contributed by atoms with Crippen molar-refractivity contribution in [2.24, 2.45) is 0 Å². The molecule has 0 aliphatic carbocycles. The number of hydrogen-bond acceptors (Lipinski definition) is 7. The van der Waals surface area contributed by atoms with Crippen LogP contribution >= 0.6 is 0 Å². The van der Waals surface area contributed by atoms with Crippen LogP contribution < -0.4 is 20.1 Å². The van der Waals surface area contributed by atoms with Crippen LogP contribution in [0, 0.1) is 12.7 Å². The lowest BCUT2D eigenvalue weighted by Gasteiger charge is -2.24. The fourth-order valence-corrected chi connectivity index (χ4v) is 3.10. The Morgan fingerprint density at radius 2 is 2.00 bits per heavy atom. The van der Waals surface area contributed by atoms with Gasteiger partial charge < -0.3 is 24.8 Å². The normalized spacial score (nSPS) is 14.5. The lowest BCUT2D eigenvalue weighted by Crippen LogP contribution is -2.34. The van der Waals surface area contributed by atoms with Crippen molar-refractivity contribution in [2.75, 3.05) is 26.2 Å². The first-order chi connectivity index (χ1) is 14.9. The highest BCUT2D eigenvalue weighted by Crippen LogP contribution is 2.30. The molecule has 2 heterocycles. The van der Waals surface area contributed by atoms with Crippen molar-refractivity contribution < 1.29 is 23.4 Å². The molecule has 2 N–H and O–H groups in total. The van der Waals surface area contributed by atoms with Gasteiger partial charge in [-0.05, 0) is 64.9 Å². The first-order valence-corrected chi connectivity index (χ1v) is 10.5. The number of hydrogen-bond donors (Lipinski definition) is 2. The molecular weight excluding hydrogens is 403 g/mol. The number of nitrogens with one attached hydrogen (secondary N) is 2. The summed E-state index contributed by atoms with van der Waals surface area (Å²) < 4.78 is 31.6. The van der Waals surface area contributed by atoms with E-state index < -0.39 is 5.82 Å².